The molecule has 0 amide bonds. The van der Waals surface area contributed by atoms with Gasteiger partial charge in [0.2, 0.25) is 0 Å². The lowest BCUT2D eigenvalue weighted by atomic mass is 9.58. The van der Waals surface area contributed by atoms with Gasteiger partial charge in [0.15, 0.2) is 0 Å². The molecule has 2 aliphatic rings. The van der Waals surface area contributed by atoms with Crippen molar-refractivity contribution in [2.75, 3.05) is 0 Å². The van der Waals surface area contributed by atoms with Gasteiger partial charge in [-0.05, 0) is 73.9 Å². The standard InChI is InChI=1S/C28H29F3N6O/c1-17-12-27(13-17,25-35-34-16-36(25)3)19-5-4-6-20(11-19)37-15-32-23-21(24(37)38)9-18(10-22(23)28(29,30)31)14-33-26(2)7-8-26/h4-6,9-11,15-17,33H,7-8,12-14H2,1-3H3. The van der Waals surface area contributed by atoms with E-state index in [2.05, 4.69) is 27.4 Å². The number of alkyl halides is 3. The van der Waals surface area contributed by atoms with Gasteiger partial charge in [0.05, 0.1) is 27.6 Å². The van der Waals surface area contributed by atoms with Gasteiger partial charge in [-0.2, -0.15) is 13.2 Å². The highest BCUT2D eigenvalue weighted by Gasteiger charge is 2.48. The minimum atomic E-state index is -4.63. The van der Waals surface area contributed by atoms with Crippen molar-refractivity contribution in [2.45, 2.75) is 63.2 Å². The number of nitrogens with zero attached hydrogens (tertiary/aromatic N) is 5. The molecule has 7 nitrogen and oxygen atoms in total. The Morgan fingerprint density at radius 3 is 2.53 bits per heavy atom. The summed E-state index contributed by atoms with van der Waals surface area (Å²) in [7, 11) is 1.91. The number of halogens is 3. The van der Waals surface area contributed by atoms with Crippen molar-refractivity contribution in [2.24, 2.45) is 13.0 Å². The second-order valence-corrected chi connectivity index (χ2v) is 11.3. The van der Waals surface area contributed by atoms with Gasteiger partial charge in [0, 0.05) is 19.1 Å². The molecule has 6 rings (SSSR count). The lowest BCUT2D eigenvalue weighted by Crippen LogP contribution is -2.43. The molecule has 0 bridgehead atoms. The molecule has 0 aliphatic heterocycles. The number of hydrogen-bond donors (Lipinski definition) is 1. The normalized spacial score (nSPS) is 22.4. The Hall–Kier alpha value is -3.53. The first-order valence-corrected chi connectivity index (χ1v) is 12.8. The number of hydrogen-bond acceptors (Lipinski definition) is 5. The van der Waals surface area contributed by atoms with Crippen LogP contribution in [-0.4, -0.2) is 29.9 Å². The number of fused-ring (bicyclic) bond motifs is 1. The SMILES string of the molecule is CC1CC(c2cccc(-n3cnc4c(C(F)(F)F)cc(CNC5(C)CC5)cc4c3=O)c2)(c2nncn2C)C1. The highest BCUT2D eigenvalue weighted by Crippen LogP contribution is 2.51. The third kappa shape index (κ3) is 4.11. The lowest BCUT2D eigenvalue weighted by molar-refractivity contribution is -0.136. The molecule has 0 spiro atoms. The molecule has 10 heteroatoms. The Morgan fingerprint density at radius 1 is 1.13 bits per heavy atom. The molecule has 4 aromatic rings. The van der Waals surface area contributed by atoms with E-state index < -0.39 is 17.3 Å². The third-order valence-corrected chi connectivity index (χ3v) is 8.16. The average Bonchev–Trinajstić information content (AvgIpc) is 3.45. The Bertz CT molecular complexity index is 1590. The molecule has 0 unspecified atom stereocenters. The molecule has 0 radical (unpaired) electrons. The van der Waals surface area contributed by atoms with Crippen LogP contribution in [0, 0.1) is 5.92 Å². The van der Waals surface area contributed by atoms with E-state index in [1.807, 2.05) is 36.7 Å². The summed E-state index contributed by atoms with van der Waals surface area (Å²) >= 11 is 0. The van der Waals surface area contributed by atoms with Crippen LogP contribution in [-0.2, 0) is 25.2 Å². The maximum absolute atomic E-state index is 14.0. The van der Waals surface area contributed by atoms with Crippen LogP contribution >= 0.6 is 0 Å². The van der Waals surface area contributed by atoms with E-state index in [0.717, 1.165) is 43.1 Å². The van der Waals surface area contributed by atoms with E-state index in [-0.39, 0.29) is 28.4 Å². The number of benzene rings is 2. The van der Waals surface area contributed by atoms with E-state index in [0.29, 0.717) is 17.2 Å². The quantitative estimate of drug-likeness (QED) is 0.390. The fourth-order valence-electron chi connectivity index (χ4n) is 5.82. The van der Waals surface area contributed by atoms with E-state index in [9.17, 15) is 18.0 Å². The Morgan fingerprint density at radius 2 is 1.89 bits per heavy atom. The Kier molecular flexibility index (Phi) is 5.54. The molecule has 2 aliphatic carbocycles. The van der Waals surface area contributed by atoms with Crippen LogP contribution < -0.4 is 10.9 Å². The second kappa shape index (κ2) is 8.49. The lowest BCUT2D eigenvalue weighted by Gasteiger charge is -2.46. The van der Waals surface area contributed by atoms with Crippen molar-refractivity contribution < 1.29 is 13.2 Å². The summed E-state index contributed by atoms with van der Waals surface area (Å²) in [5.74, 6) is 1.36. The van der Waals surface area contributed by atoms with Crippen molar-refractivity contribution >= 4 is 10.9 Å². The number of aryl methyl sites for hydroxylation is 1. The molecule has 0 atom stereocenters. The maximum atomic E-state index is 14.0. The molecule has 198 valence electrons. The van der Waals surface area contributed by atoms with Gasteiger partial charge in [-0.3, -0.25) is 9.36 Å². The smallest absolute Gasteiger partial charge is 0.320 e. The molecule has 38 heavy (non-hydrogen) atoms. The summed E-state index contributed by atoms with van der Waals surface area (Å²) in [5.41, 5.74) is -0.209. The molecular formula is C28H29F3N6O. The largest absolute Gasteiger partial charge is 0.418 e. The minimum absolute atomic E-state index is 0.0502. The second-order valence-electron chi connectivity index (χ2n) is 11.3. The summed E-state index contributed by atoms with van der Waals surface area (Å²) in [6, 6.07) is 10.2. The van der Waals surface area contributed by atoms with Gasteiger partial charge < -0.3 is 9.88 Å². The summed E-state index contributed by atoms with van der Waals surface area (Å²) in [4.78, 5) is 17.8. The van der Waals surface area contributed by atoms with Crippen molar-refractivity contribution in [3.63, 3.8) is 0 Å². The Balaban J connectivity index is 1.46. The van der Waals surface area contributed by atoms with Crippen molar-refractivity contribution in [3.05, 3.63) is 81.9 Å². The van der Waals surface area contributed by atoms with Crippen LogP contribution in [0.15, 0.2) is 53.8 Å². The zero-order valence-corrected chi connectivity index (χ0v) is 21.5. The summed E-state index contributed by atoms with van der Waals surface area (Å²) in [5, 5.41) is 11.7. The van der Waals surface area contributed by atoms with Gasteiger partial charge in [-0.15, -0.1) is 10.2 Å². The molecule has 2 aromatic heterocycles. The van der Waals surface area contributed by atoms with E-state index in [1.165, 1.54) is 17.0 Å². The molecule has 2 saturated carbocycles. The molecule has 2 heterocycles. The van der Waals surface area contributed by atoms with Gasteiger partial charge >= 0.3 is 6.18 Å². The van der Waals surface area contributed by atoms with E-state index in [1.54, 1.807) is 12.4 Å². The predicted molar refractivity (Wildman–Crippen MR) is 137 cm³/mol. The zero-order valence-electron chi connectivity index (χ0n) is 21.5. The molecule has 1 N–H and O–H groups in total. The van der Waals surface area contributed by atoms with Gasteiger partial charge in [0.1, 0.15) is 18.5 Å². The molecule has 2 aromatic carbocycles. The molecule has 0 saturated heterocycles. The van der Waals surface area contributed by atoms with Crippen LogP contribution in [0.5, 0.6) is 0 Å². The molecule has 2 fully saturated rings. The highest BCUT2D eigenvalue weighted by molar-refractivity contribution is 5.82. The first-order chi connectivity index (χ1) is 18.0. The van der Waals surface area contributed by atoms with Crippen molar-refractivity contribution in [1.82, 2.24) is 29.6 Å². The fourth-order valence-corrected chi connectivity index (χ4v) is 5.82. The predicted octanol–water partition coefficient (Wildman–Crippen LogP) is 4.89. The third-order valence-electron chi connectivity index (χ3n) is 8.16. The van der Waals surface area contributed by atoms with Crippen molar-refractivity contribution in [3.8, 4) is 5.69 Å². The minimum Gasteiger partial charge on any atom is -0.320 e. The summed E-state index contributed by atoms with van der Waals surface area (Å²) in [6.07, 6.45) is 1.97. The van der Waals surface area contributed by atoms with Crippen molar-refractivity contribution in [1.29, 1.82) is 0 Å². The fraction of sp³-hybridized carbons (Fsp3) is 0.429. The van der Waals surface area contributed by atoms with E-state index >= 15 is 0 Å². The average molecular weight is 523 g/mol. The summed E-state index contributed by atoms with van der Waals surface area (Å²) in [6.45, 7) is 4.47. The summed E-state index contributed by atoms with van der Waals surface area (Å²) < 4.78 is 45.2. The van der Waals surface area contributed by atoms with Gasteiger partial charge in [-0.1, -0.05) is 19.1 Å². The number of aromatic nitrogens is 5. The first kappa shape index (κ1) is 24.8. The van der Waals surface area contributed by atoms with Crippen LogP contribution in [0.25, 0.3) is 16.6 Å². The highest BCUT2D eigenvalue weighted by atomic mass is 19.4. The van der Waals surface area contributed by atoms with Crippen LogP contribution in [0.4, 0.5) is 13.2 Å². The zero-order chi connectivity index (χ0) is 26.9. The monoisotopic (exact) mass is 522 g/mol. The number of nitrogens with one attached hydrogen (secondary N) is 1. The van der Waals surface area contributed by atoms with Crippen LogP contribution in [0.2, 0.25) is 0 Å². The number of rotatable bonds is 6. The van der Waals surface area contributed by atoms with Gasteiger partial charge in [0.25, 0.3) is 5.56 Å². The molecular weight excluding hydrogens is 493 g/mol. The maximum Gasteiger partial charge on any atom is 0.418 e. The van der Waals surface area contributed by atoms with Crippen LogP contribution in [0.1, 0.15) is 62.0 Å². The first-order valence-electron chi connectivity index (χ1n) is 12.8. The van der Waals surface area contributed by atoms with Gasteiger partial charge in [-0.25, -0.2) is 4.98 Å². The van der Waals surface area contributed by atoms with Crippen LogP contribution in [0.3, 0.4) is 0 Å². The Labute approximate surface area is 217 Å². The topological polar surface area (TPSA) is 77.6 Å². The van der Waals surface area contributed by atoms with E-state index in [4.69, 9.17) is 0 Å².